The Kier molecular flexibility index (Phi) is 8.26. The predicted molar refractivity (Wildman–Crippen MR) is 155 cm³/mol. The van der Waals surface area contributed by atoms with Gasteiger partial charge in [-0.15, -0.1) is 0 Å². The van der Waals surface area contributed by atoms with Gasteiger partial charge in [-0.1, -0.05) is 35.9 Å². The Morgan fingerprint density at radius 1 is 0.881 bits per heavy atom. The van der Waals surface area contributed by atoms with Crippen LogP contribution in [0.5, 0.6) is 5.75 Å². The summed E-state index contributed by atoms with van der Waals surface area (Å²) >= 11 is 6.24. The van der Waals surface area contributed by atoms with Crippen molar-refractivity contribution < 1.29 is 32.2 Å². The van der Waals surface area contributed by atoms with E-state index in [2.05, 4.69) is 15.5 Å². The molecule has 2 N–H and O–H groups in total. The lowest BCUT2D eigenvalue weighted by Crippen LogP contribution is -2.54. The molecule has 1 saturated heterocycles. The summed E-state index contributed by atoms with van der Waals surface area (Å²) in [5.41, 5.74) is 2.41. The number of hydrogen-bond acceptors (Lipinski definition) is 5. The van der Waals surface area contributed by atoms with Crippen LogP contribution in [-0.2, 0) is 10.9 Å². The summed E-state index contributed by atoms with van der Waals surface area (Å²) in [5, 5.41) is 5.54. The highest BCUT2D eigenvalue weighted by atomic mass is 35.5. The molecule has 2 amide bonds. The first-order valence-electron chi connectivity index (χ1n) is 12.8. The number of carbonyl (C=O) groups excluding carboxylic acids is 2. The highest BCUT2D eigenvalue weighted by molar-refractivity contribution is 6.31. The average Bonchev–Trinajstić information content (AvgIpc) is 2.94. The number of carbonyl (C=O) groups is 2. The molecule has 1 aliphatic rings. The third-order valence-electron chi connectivity index (χ3n) is 6.61. The fraction of sp³-hybridized carbons (Fsp3) is 0.161. The minimum Gasteiger partial charge on any atom is -0.487 e. The molecule has 1 aliphatic heterocycles. The molecule has 42 heavy (non-hydrogen) atoms. The standard InChI is InChI=1S/C31H25ClF3N3O4/c1-41-29(39)26-9-4-10-27(28(26)19-5-2-7-21(32)15-19)38-17-25(18-38)42-24-13-11-22(12-14-24)36-30(40)37-23-8-3-6-20(16-23)31(33,34)35/h2-16,25H,17-18H2,1H3,(H2,36,37,40). The number of esters is 1. The van der Waals surface area contributed by atoms with Crippen molar-refractivity contribution in [3.8, 4) is 16.9 Å². The first kappa shape index (κ1) is 28.8. The minimum atomic E-state index is -4.51. The molecular weight excluding hydrogens is 571 g/mol. The van der Waals surface area contributed by atoms with E-state index in [1.807, 2.05) is 18.2 Å². The number of anilines is 3. The van der Waals surface area contributed by atoms with Crippen LogP contribution in [0.2, 0.25) is 5.02 Å². The van der Waals surface area contributed by atoms with Crippen molar-refractivity contribution in [1.82, 2.24) is 0 Å². The van der Waals surface area contributed by atoms with Crippen LogP contribution in [0, 0.1) is 0 Å². The second kappa shape index (κ2) is 12.0. The lowest BCUT2D eigenvalue weighted by Gasteiger charge is -2.42. The molecule has 0 unspecified atom stereocenters. The highest BCUT2D eigenvalue weighted by Crippen LogP contribution is 2.38. The lowest BCUT2D eigenvalue weighted by molar-refractivity contribution is -0.137. The SMILES string of the molecule is COC(=O)c1cccc(N2CC(Oc3ccc(NC(=O)Nc4cccc(C(F)(F)F)c4)cc3)C2)c1-c1cccc(Cl)c1. The van der Waals surface area contributed by atoms with E-state index in [0.29, 0.717) is 35.1 Å². The van der Waals surface area contributed by atoms with Crippen LogP contribution >= 0.6 is 11.6 Å². The minimum absolute atomic E-state index is 0.0208. The Labute approximate surface area is 244 Å². The molecule has 0 aliphatic carbocycles. The molecule has 4 aromatic rings. The van der Waals surface area contributed by atoms with Crippen LogP contribution in [0.25, 0.3) is 11.1 Å². The molecule has 0 spiro atoms. The summed E-state index contributed by atoms with van der Waals surface area (Å²) in [6.45, 7) is 1.13. The quantitative estimate of drug-likeness (QED) is 0.214. The fourth-order valence-corrected chi connectivity index (χ4v) is 4.81. The summed E-state index contributed by atoms with van der Waals surface area (Å²) < 4.78 is 49.8. The number of rotatable bonds is 7. The second-order valence-corrected chi connectivity index (χ2v) is 9.96. The van der Waals surface area contributed by atoms with Crippen LogP contribution in [-0.4, -0.2) is 38.3 Å². The number of alkyl halides is 3. The lowest BCUT2D eigenvalue weighted by atomic mass is 9.95. The zero-order valence-electron chi connectivity index (χ0n) is 22.2. The van der Waals surface area contributed by atoms with Crippen molar-refractivity contribution in [2.45, 2.75) is 12.3 Å². The number of amides is 2. The maximum atomic E-state index is 12.9. The van der Waals surface area contributed by atoms with Gasteiger partial charge < -0.3 is 25.0 Å². The van der Waals surface area contributed by atoms with Gasteiger partial charge in [0, 0.05) is 27.6 Å². The Balaban J connectivity index is 1.20. The molecule has 5 rings (SSSR count). The molecule has 0 atom stereocenters. The first-order chi connectivity index (χ1) is 20.1. The van der Waals surface area contributed by atoms with Gasteiger partial charge in [0.05, 0.1) is 31.3 Å². The third-order valence-corrected chi connectivity index (χ3v) is 6.85. The topological polar surface area (TPSA) is 79.9 Å². The number of nitrogens with zero attached hydrogens (tertiary/aromatic N) is 1. The van der Waals surface area contributed by atoms with E-state index in [-0.39, 0.29) is 11.8 Å². The molecule has 11 heteroatoms. The molecule has 1 heterocycles. The van der Waals surface area contributed by atoms with Crippen LogP contribution in [0.4, 0.5) is 35.0 Å². The summed E-state index contributed by atoms with van der Waals surface area (Å²) in [6.07, 6.45) is -4.63. The van der Waals surface area contributed by atoms with Crippen LogP contribution in [0.15, 0.2) is 91.0 Å². The maximum absolute atomic E-state index is 12.9. The molecule has 216 valence electrons. The Hall–Kier alpha value is -4.70. The van der Waals surface area contributed by atoms with Gasteiger partial charge in [-0.2, -0.15) is 13.2 Å². The van der Waals surface area contributed by atoms with Crippen molar-refractivity contribution in [2.24, 2.45) is 0 Å². The highest BCUT2D eigenvalue weighted by Gasteiger charge is 2.32. The molecule has 0 radical (unpaired) electrons. The normalized spacial score (nSPS) is 13.2. The largest absolute Gasteiger partial charge is 0.487 e. The van der Waals surface area contributed by atoms with Gasteiger partial charge >= 0.3 is 18.2 Å². The molecule has 0 aromatic heterocycles. The summed E-state index contributed by atoms with van der Waals surface area (Å²) in [6, 6.07) is 23.1. The van der Waals surface area contributed by atoms with Crippen molar-refractivity contribution in [3.63, 3.8) is 0 Å². The molecule has 1 fully saturated rings. The molecule has 7 nitrogen and oxygen atoms in total. The number of nitrogens with one attached hydrogen (secondary N) is 2. The van der Waals surface area contributed by atoms with Gasteiger partial charge in [0.15, 0.2) is 0 Å². The van der Waals surface area contributed by atoms with Gasteiger partial charge in [-0.25, -0.2) is 9.59 Å². The first-order valence-corrected chi connectivity index (χ1v) is 13.2. The van der Waals surface area contributed by atoms with E-state index in [0.717, 1.165) is 28.9 Å². The number of benzene rings is 4. The van der Waals surface area contributed by atoms with Crippen LogP contribution in [0.3, 0.4) is 0 Å². The predicted octanol–water partition coefficient (Wildman–Crippen LogP) is 7.72. The van der Waals surface area contributed by atoms with E-state index in [4.69, 9.17) is 21.1 Å². The number of ether oxygens (including phenoxy) is 2. The third kappa shape index (κ3) is 6.60. The van der Waals surface area contributed by atoms with Gasteiger partial charge in [0.2, 0.25) is 0 Å². The second-order valence-electron chi connectivity index (χ2n) is 9.53. The fourth-order valence-electron chi connectivity index (χ4n) is 4.62. The Bertz CT molecular complexity index is 1610. The maximum Gasteiger partial charge on any atom is 0.416 e. The van der Waals surface area contributed by atoms with E-state index < -0.39 is 23.7 Å². The number of urea groups is 1. The average molecular weight is 596 g/mol. The monoisotopic (exact) mass is 595 g/mol. The zero-order chi connectivity index (χ0) is 29.9. The molecule has 4 aromatic carbocycles. The van der Waals surface area contributed by atoms with Gasteiger partial charge in [-0.3, -0.25) is 0 Å². The Morgan fingerprint density at radius 2 is 1.57 bits per heavy atom. The van der Waals surface area contributed by atoms with Crippen molar-refractivity contribution in [1.29, 1.82) is 0 Å². The summed E-state index contributed by atoms with van der Waals surface area (Å²) in [5.74, 6) is 0.138. The van der Waals surface area contributed by atoms with Crippen LogP contribution in [0.1, 0.15) is 15.9 Å². The number of halogens is 4. The van der Waals surface area contributed by atoms with Gasteiger partial charge in [-0.05, 0) is 72.3 Å². The smallest absolute Gasteiger partial charge is 0.416 e. The van der Waals surface area contributed by atoms with E-state index in [1.165, 1.54) is 19.2 Å². The van der Waals surface area contributed by atoms with E-state index in [1.54, 1.807) is 48.5 Å². The molecule has 0 bridgehead atoms. The van der Waals surface area contributed by atoms with Crippen LogP contribution < -0.4 is 20.3 Å². The van der Waals surface area contributed by atoms with Crippen molar-refractivity contribution in [3.05, 3.63) is 107 Å². The van der Waals surface area contributed by atoms with Crippen molar-refractivity contribution in [2.75, 3.05) is 35.7 Å². The van der Waals surface area contributed by atoms with Gasteiger partial charge in [0.25, 0.3) is 0 Å². The summed E-state index contributed by atoms with van der Waals surface area (Å²) in [7, 11) is 1.34. The van der Waals surface area contributed by atoms with Crippen molar-refractivity contribution >= 4 is 40.7 Å². The zero-order valence-corrected chi connectivity index (χ0v) is 23.0. The Morgan fingerprint density at radius 3 is 2.26 bits per heavy atom. The number of methoxy groups -OCH3 is 1. The molecular formula is C31H25ClF3N3O4. The number of hydrogen-bond donors (Lipinski definition) is 2. The van der Waals surface area contributed by atoms with E-state index >= 15 is 0 Å². The summed E-state index contributed by atoms with van der Waals surface area (Å²) in [4.78, 5) is 26.9. The molecule has 0 saturated carbocycles. The van der Waals surface area contributed by atoms with E-state index in [9.17, 15) is 22.8 Å². The van der Waals surface area contributed by atoms with Gasteiger partial charge in [0.1, 0.15) is 11.9 Å².